The number of rotatable bonds is 2. The molecule has 0 aromatic heterocycles. The van der Waals surface area contributed by atoms with Gasteiger partial charge in [0.1, 0.15) is 11.9 Å². The number of hydrogen-bond acceptors (Lipinski definition) is 3. The predicted molar refractivity (Wildman–Crippen MR) is 101 cm³/mol. The number of ether oxygens (including phenoxy) is 1. The summed E-state index contributed by atoms with van der Waals surface area (Å²) in [5.41, 5.74) is 0.512. The Morgan fingerprint density at radius 3 is 2.58 bits per heavy atom. The molecule has 0 spiro atoms. The highest BCUT2D eigenvalue weighted by molar-refractivity contribution is 5.79. The van der Waals surface area contributed by atoms with E-state index in [-0.39, 0.29) is 17.5 Å². The van der Waals surface area contributed by atoms with Crippen LogP contribution >= 0.6 is 0 Å². The van der Waals surface area contributed by atoms with Crippen molar-refractivity contribution in [1.82, 2.24) is 0 Å². The molecule has 4 aliphatic carbocycles. The van der Waals surface area contributed by atoms with Crippen molar-refractivity contribution >= 4 is 11.8 Å². The predicted octanol–water partition coefficient (Wildman–Crippen LogP) is 5.17. The van der Waals surface area contributed by atoms with Gasteiger partial charge in [0, 0.05) is 24.7 Å². The van der Waals surface area contributed by atoms with Gasteiger partial charge in [0.15, 0.2) is 0 Å². The second kappa shape index (κ2) is 6.34. The van der Waals surface area contributed by atoms with Crippen LogP contribution in [0.4, 0.5) is 0 Å². The molecule has 8 atom stereocenters. The molecular weight excluding hydrogens is 324 g/mol. The molecule has 0 heterocycles. The normalized spacial score (nSPS) is 50.5. The van der Waals surface area contributed by atoms with Gasteiger partial charge in [-0.1, -0.05) is 27.7 Å². The Balaban J connectivity index is 1.60. The first-order chi connectivity index (χ1) is 12.3. The van der Waals surface area contributed by atoms with Gasteiger partial charge in [-0.15, -0.1) is 0 Å². The Hall–Kier alpha value is -0.860. The van der Waals surface area contributed by atoms with E-state index < -0.39 is 0 Å². The van der Waals surface area contributed by atoms with Crippen LogP contribution in [0.2, 0.25) is 0 Å². The first-order valence-electron chi connectivity index (χ1n) is 11.0. The van der Waals surface area contributed by atoms with Crippen molar-refractivity contribution < 1.29 is 14.3 Å². The standard InChI is InChI=1S/C23H36O3/c1-5-20(25)26-19-7-6-17-21-14(2)12-15-13-16(24)8-10-22(15,3)18(21)9-11-23(17,19)4/h14-15,17-19,21H,5-13H2,1-4H3/t14?,15?,17-,18-,19?,21-,22-,23-/m0/s1. The molecule has 0 saturated heterocycles. The third-order valence-electron chi connectivity index (χ3n) is 9.32. The van der Waals surface area contributed by atoms with Crippen LogP contribution in [0.1, 0.15) is 85.5 Å². The van der Waals surface area contributed by atoms with Crippen molar-refractivity contribution in [3.05, 3.63) is 0 Å². The lowest BCUT2D eigenvalue weighted by Crippen LogP contribution is -2.56. The molecule has 26 heavy (non-hydrogen) atoms. The van der Waals surface area contributed by atoms with Crippen LogP contribution in [0.15, 0.2) is 0 Å². The molecule has 0 aromatic rings. The zero-order valence-corrected chi connectivity index (χ0v) is 17.1. The molecule has 0 bridgehead atoms. The van der Waals surface area contributed by atoms with E-state index in [2.05, 4.69) is 20.8 Å². The number of fused-ring (bicyclic) bond motifs is 5. The first kappa shape index (κ1) is 18.5. The number of carbonyl (C=O) groups is 2. The van der Waals surface area contributed by atoms with E-state index in [0.29, 0.717) is 35.4 Å². The summed E-state index contributed by atoms with van der Waals surface area (Å²) in [7, 11) is 0. The summed E-state index contributed by atoms with van der Waals surface area (Å²) in [6, 6.07) is 0. The highest BCUT2D eigenvalue weighted by Crippen LogP contribution is 2.67. The van der Waals surface area contributed by atoms with E-state index in [1.807, 2.05) is 6.92 Å². The van der Waals surface area contributed by atoms with E-state index in [1.54, 1.807) is 0 Å². The maximum atomic E-state index is 12.1. The van der Waals surface area contributed by atoms with Crippen molar-refractivity contribution in [2.75, 3.05) is 0 Å². The third kappa shape index (κ3) is 2.59. The molecule has 4 aliphatic rings. The summed E-state index contributed by atoms with van der Waals surface area (Å²) in [4.78, 5) is 24.0. The van der Waals surface area contributed by atoms with Gasteiger partial charge >= 0.3 is 5.97 Å². The molecule has 0 radical (unpaired) electrons. The van der Waals surface area contributed by atoms with Crippen molar-refractivity contribution in [3.63, 3.8) is 0 Å². The molecule has 0 amide bonds. The highest BCUT2D eigenvalue weighted by atomic mass is 16.5. The molecule has 4 rings (SSSR count). The van der Waals surface area contributed by atoms with Crippen LogP contribution in [0.25, 0.3) is 0 Å². The minimum absolute atomic E-state index is 0.0338. The number of Topliss-reactive ketones (excluding diaryl/α,β-unsaturated/α-hetero) is 1. The molecule has 3 heteroatoms. The Bertz CT molecular complexity index is 598. The van der Waals surface area contributed by atoms with E-state index in [4.69, 9.17) is 4.74 Å². The molecule has 3 nitrogen and oxygen atoms in total. The molecule has 0 aromatic carbocycles. The molecule has 0 N–H and O–H groups in total. The van der Waals surface area contributed by atoms with E-state index >= 15 is 0 Å². The Morgan fingerprint density at radius 1 is 1.12 bits per heavy atom. The first-order valence-corrected chi connectivity index (χ1v) is 11.0. The van der Waals surface area contributed by atoms with Gasteiger partial charge in [0.05, 0.1) is 0 Å². The lowest BCUT2D eigenvalue weighted by molar-refractivity contribution is -0.169. The lowest BCUT2D eigenvalue weighted by Gasteiger charge is -2.62. The van der Waals surface area contributed by atoms with Crippen molar-refractivity contribution in [2.45, 2.75) is 91.6 Å². The van der Waals surface area contributed by atoms with Gasteiger partial charge < -0.3 is 4.74 Å². The topological polar surface area (TPSA) is 43.4 Å². The Morgan fingerprint density at radius 2 is 1.85 bits per heavy atom. The Kier molecular flexibility index (Phi) is 4.51. The quantitative estimate of drug-likeness (QED) is 0.638. The molecule has 3 unspecified atom stereocenters. The van der Waals surface area contributed by atoms with Gasteiger partial charge in [-0.25, -0.2) is 0 Å². The van der Waals surface area contributed by atoms with E-state index in [1.165, 1.54) is 25.7 Å². The number of carbonyl (C=O) groups excluding carboxylic acids is 2. The summed E-state index contributed by atoms with van der Waals surface area (Å²) in [6.07, 6.45) is 9.22. The van der Waals surface area contributed by atoms with Gasteiger partial charge in [0.25, 0.3) is 0 Å². The largest absolute Gasteiger partial charge is 0.462 e. The van der Waals surface area contributed by atoms with Gasteiger partial charge in [-0.2, -0.15) is 0 Å². The minimum Gasteiger partial charge on any atom is -0.462 e. The zero-order chi connectivity index (χ0) is 18.7. The summed E-state index contributed by atoms with van der Waals surface area (Å²) < 4.78 is 5.91. The molecular formula is C23H36O3. The minimum atomic E-state index is -0.0338. The number of esters is 1. The number of ketones is 1. The second-order valence-electron chi connectivity index (χ2n) is 10.4. The van der Waals surface area contributed by atoms with Crippen LogP contribution in [0.5, 0.6) is 0 Å². The summed E-state index contributed by atoms with van der Waals surface area (Å²) in [6.45, 7) is 9.23. The second-order valence-corrected chi connectivity index (χ2v) is 10.4. The van der Waals surface area contributed by atoms with Crippen LogP contribution in [-0.4, -0.2) is 17.9 Å². The van der Waals surface area contributed by atoms with E-state index in [9.17, 15) is 9.59 Å². The smallest absolute Gasteiger partial charge is 0.305 e. The van der Waals surface area contributed by atoms with Crippen molar-refractivity contribution in [1.29, 1.82) is 0 Å². The maximum Gasteiger partial charge on any atom is 0.305 e. The fourth-order valence-corrected chi connectivity index (χ4v) is 7.81. The fourth-order valence-electron chi connectivity index (χ4n) is 7.81. The zero-order valence-electron chi connectivity index (χ0n) is 17.1. The average molecular weight is 361 g/mol. The molecule has 4 saturated carbocycles. The van der Waals surface area contributed by atoms with Gasteiger partial charge in [0.2, 0.25) is 0 Å². The lowest BCUT2D eigenvalue weighted by atomic mass is 9.43. The third-order valence-corrected chi connectivity index (χ3v) is 9.32. The SMILES string of the molecule is CCC(=O)OC1CC[C@H]2[C@@H]3C(C)CC4CC(=O)CC[C@]4(C)[C@H]3CC[C@]12C. The van der Waals surface area contributed by atoms with Crippen LogP contribution in [-0.2, 0) is 14.3 Å². The monoisotopic (exact) mass is 360 g/mol. The van der Waals surface area contributed by atoms with Crippen molar-refractivity contribution in [2.24, 2.45) is 40.4 Å². The van der Waals surface area contributed by atoms with Gasteiger partial charge in [-0.3, -0.25) is 9.59 Å². The van der Waals surface area contributed by atoms with Crippen LogP contribution < -0.4 is 0 Å². The maximum absolute atomic E-state index is 12.1. The molecule has 146 valence electrons. The van der Waals surface area contributed by atoms with E-state index in [0.717, 1.165) is 37.5 Å². The highest BCUT2D eigenvalue weighted by Gasteiger charge is 2.62. The van der Waals surface area contributed by atoms with Crippen molar-refractivity contribution in [3.8, 4) is 0 Å². The molecule has 0 aliphatic heterocycles. The molecule has 4 fully saturated rings. The average Bonchev–Trinajstić information content (AvgIpc) is 2.93. The van der Waals surface area contributed by atoms with Gasteiger partial charge in [-0.05, 0) is 73.5 Å². The Labute approximate surface area is 158 Å². The summed E-state index contributed by atoms with van der Waals surface area (Å²) in [5.74, 6) is 3.92. The van der Waals surface area contributed by atoms with Crippen LogP contribution in [0, 0.1) is 40.4 Å². The summed E-state index contributed by atoms with van der Waals surface area (Å²) in [5, 5.41) is 0. The fraction of sp³-hybridized carbons (Fsp3) is 0.913. The summed E-state index contributed by atoms with van der Waals surface area (Å²) >= 11 is 0. The van der Waals surface area contributed by atoms with Crippen LogP contribution in [0.3, 0.4) is 0 Å². The number of hydrogen-bond donors (Lipinski definition) is 0.